The number of piperazine rings is 1. The molecule has 1 saturated heterocycles. The van der Waals surface area contributed by atoms with Gasteiger partial charge in [0.25, 0.3) is 0 Å². The molecule has 22 heavy (non-hydrogen) atoms. The van der Waals surface area contributed by atoms with Crippen LogP contribution in [0.1, 0.15) is 11.1 Å². The number of carbonyl (C=O) groups excluding carboxylic acids is 1. The summed E-state index contributed by atoms with van der Waals surface area (Å²) in [5, 5.41) is 0. The Kier molecular flexibility index (Phi) is 3.90. The van der Waals surface area contributed by atoms with Crippen molar-refractivity contribution in [2.24, 2.45) is 4.99 Å². The molecule has 0 aromatic heterocycles. The van der Waals surface area contributed by atoms with Crippen molar-refractivity contribution in [2.45, 2.75) is 12.6 Å². The maximum atomic E-state index is 12.4. The molecule has 7 heteroatoms. The molecule has 0 aliphatic carbocycles. The van der Waals surface area contributed by atoms with Crippen molar-refractivity contribution in [3.8, 4) is 0 Å². The lowest BCUT2D eigenvalue weighted by Crippen LogP contribution is -2.53. The largest absolute Gasteiger partial charge is 0.401 e. The van der Waals surface area contributed by atoms with Gasteiger partial charge in [-0.2, -0.15) is 13.2 Å². The summed E-state index contributed by atoms with van der Waals surface area (Å²) in [7, 11) is 0. The summed E-state index contributed by atoms with van der Waals surface area (Å²) in [6.07, 6.45) is -1.74. The second kappa shape index (κ2) is 5.72. The van der Waals surface area contributed by atoms with Crippen LogP contribution in [0, 0.1) is 0 Å². The number of hydrogen-bond acceptors (Lipinski definition) is 3. The number of anilines is 1. The van der Waals surface area contributed by atoms with Crippen molar-refractivity contribution >= 4 is 17.8 Å². The Labute approximate surface area is 126 Å². The minimum absolute atomic E-state index is 0.197. The third-order valence-corrected chi connectivity index (χ3v) is 3.90. The number of rotatable bonds is 2. The Bertz CT molecular complexity index is 613. The van der Waals surface area contributed by atoms with Crippen LogP contribution in [-0.4, -0.2) is 55.9 Å². The molecule has 0 unspecified atom stereocenters. The normalized spacial score (nSPS) is 19.4. The summed E-state index contributed by atoms with van der Waals surface area (Å²) in [5.41, 5.74) is 2.84. The van der Waals surface area contributed by atoms with Gasteiger partial charge in [-0.1, -0.05) is 12.1 Å². The number of aliphatic imine (C=N–C) groups is 1. The van der Waals surface area contributed by atoms with Crippen molar-refractivity contribution in [1.82, 2.24) is 4.90 Å². The summed E-state index contributed by atoms with van der Waals surface area (Å²) in [5.74, 6) is -0.286. The second-order valence-corrected chi connectivity index (χ2v) is 5.50. The number of benzene rings is 1. The highest BCUT2D eigenvalue weighted by molar-refractivity contribution is 5.98. The first-order chi connectivity index (χ1) is 10.4. The van der Waals surface area contributed by atoms with Gasteiger partial charge in [-0.15, -0.1) is 0 Å². The first kappa shape index (κ1) is 15.0. The van der Waals surface area contributed by atoms with E-state index in [-0.39, 0.29) is 25.5 Å². The number of hydrogen-bond donors (Lipinski definition) is 0. The van der Waals surface area contributed by atoms with Crippen LogP contribution < -0.4 is 4.90 Å². The fourth-order valence-electron chi connectivity index (χ4n) is 2.94. The molecule has 2 aliphatic heterocycles. The number of fused-ring (bicyclic) bond motifs is 1. The van der Waals surface area contributed by atoms with Gasteiger partial charge in [-0.3, -0.25) is 14.7 Å². The van der Waals surface area contributed by atoms with E-state index in [1.165, 1.54) is 0 Å². The predicted octanol–water partition coefficient (Wildman–Crippen LogP) is 1.87. The third-order valence-electron chi connectivity index (χ3n) is 3.90. The summed E-state index contributed by atoms with van der Waals surface area (Å²) in [4.78, 5) is 19.2. The average Bonchev–Trinajstić information content (AvgIpc) is 2.45. The lowest BCUT2D eigenvalue weighted by molar-refractivity contribution is -0.150. The highest BCUT2D eigenvalue weighted by atomic mass is 19.4. The number of carbonyl (C=O) groups is 1. The lowest BCUT2D eigenvalue weighted by atomic mass is 9.99. The first-order valence-corrected chi connectivity index (χ1v) is 7.15. The van der Waals surface area contributed by atoms with E-state index in [2.05, 4.69) is 4.99 Å². The quantitative estimate of drug-likeness (QED) is 0.836. The second-order valence-electron chi connectivity index (χ2n) is 5.50. The van der Waals surface area contributed by atoms with Gasteiger partial charge in [0, 0.05) is 31.5 Å². The van der Waals surface area contributed by atoms with E-state index >= 15 is 0 Å². The van der Waals surface area contributed by atoms with E-state index in [4.69, 9.17) is 0 Å². The Morgan fingerprint density at radius 1 is 1.23 bits per heavy atom. The van der Waals surface area contributed by atoms with Gasteiger partial charge in [0.15, 0.2) is 0 Å². The number of halogens is 3. The van der Waals surface area contributed by atoms with Gasteiger partial charge in [0.05, 0.1) is 13.1 Å². The molecule has 1 aromatic carbocycles. The maximum absolute atomic E-state index is 12.4. The summed E-state index contributed by atoms with van der Waals surface area (Å²) in [6.45, 7) is -0.0544. The van der Waals surface area contributed by atoms with Crippen molar-refractivity contribution in [2.75, 3.05) is 37.6 Å². The number of alkyl halides is 3. The van der Waals surface area contributed by atoms with Crippen LogP contribution in [0.3, 0.4) is 0 Å². The summed E-state index contributed by atoms with van der Waals surface area (Å²) < 4.78 is 37.3. The minimum atomic E-state index is -4.27. The number of amides is 1. The maximum Gasteiger partial charge on any atom is 0.401 e. The monoisotopic (exact) mass is 311 g/mol. The predicted molar refractivity (Wildman–Crippen MR) is 77.5 cm³/mol. The Balaban J connectivity index is 1.78. The van der Waals surface area contributed by atoms with E-state index in [0.29, 0.717) is 6.54 Å². The van der Waals surface area contributed by atoms with Crippen LogP contribution >= 0.6 is 0 Å². The molecule has 0 N–H and O–H groups in total. The van der Waals surface area contributed by atoms with E-state index < -0.39 is 12.7 Å². The van der Waals surface area contributed by atoms with Crippen LogP contribution in [-0.2, 0) is 11.2 Å². The Morgan fingerprint density at radius 3 is 2.77 bits per heavy atom. The molecular weight excluding hydrogens is 295 g/mol. The van der Waals surface area contributed by atoms with E-state index in [0.717, 1.165) is 28.1 Å². The lowest BCUT2D eigenvalue weighted by Gasteiger charge is -2.36. The zero-order chi connectivity index (χ0) is 15.7. The molecule has 1 fully saturated rings. The molecule has 4 nitrogen and oxygen atoms in total. The van der Waals surface area contributed by atoms with Crippen molar-refractivity contribution < 1.29 is 18.0 Å². The molecule has 2 aliphatic rings. The molecule has 118 valence electrons. The fourth-order valence-corrected chi connectivity index (χ4v) is 2.94. The minimum Gasteiger partial charge on any atom is -0.310 e. The van der Waals surface area contributed by atoms with Gasteiger partial charge < -0.3 is 4.90 Å². The summed E-state index contributed by atoms with van der Waals surface area (Å²) in [6, 6.07) is 5.64. The van der Waals surface area contributed by atoms with Gasteiger partial charge in [-0.25, -0.2) is 0 Å². The van der Waals surface area contributed by atoms with Crippen LogP contribution in [0.15, 0.2) is 23.2 Å². The average molecular weight is 311 g/mol. The Morgan fingerprint density at radius 2 is 2.05 bits per heavy atom. The van der Waals surface area contributed by atoms with Crippen molar-refractivity contribution in [1.29, 1.82) is 0 Å². The first-order valence-electron chi connectivity index (χ1n) is 7.15. The van der Waals surface area contributed by atoms with E-state index in [1.54, 1.807) is 11.1 Å². The number of nitrogens with zero attached hydrogens (tertiary/aromatic N) is 3. The summed E-state index contributed by atoms with van der Waals surface area (Å²) >= 11 is 0. The van der Waals surface area contributed by atoms with Crippen LogP contribution in [0.5, 0.6) is 0 Å². The molecule has 0 spiro atoms. The topological polar surface area (TPSA) is 35.9 Å². The van der Waals surface area contributed by atoms with E-state index in [1.807, 2.05) is 18.2 Å². The Hall–Kier alpha value is -1.89. The third kappa shape index (κ3) is 3.14. The van der Waals surface area contributed by atoms with Crippen molar-refractivity contribution in [3.05, 3.63) is 29.3 Å². The van der Waals surface area contributed by atoms with Gasteiger partial charge in [-0.05, 0) is 23.6 Å². The van der Waals surface area contributed by atoms with Gasteiger partial charge >= 0.3 is 6.18 Å². The molecule has 2 heterocycles. The van der Waals surface area contributed by atoms with Crippen LogP contribution in [0.2, 0.25) is 0 Å². The highest BCUT2D eigenvalue weighted by Gasteiger charge is 2.35. The molecular formula is C15H16F3N3O. The van der Waals surface area contributed by atoms with Crippen LogP contribution in [0.4, 0.5) is 18.9 Å². The van der Waals surface area contributed by atoms with Gasteiger partial charge in [0.1, 0.15) is 0 Å². The molecule has 0 bridgehead atoms. The molecule has 1 aromatic rings. The molecule has 0 radical (unpaired) electrons. The zero-order valence-electron chi connectivity index (χ0n) is 11.9. The molecule has 0 atom stereocenters. The highest BCUT2D eigenvalue weighted by Crippen LogP contribution is 2.28. The van der Waals surface area contributed by atoms with E-state index in [9.17, 15) is 18.0 Å². The van der Waals surface area contributed by atoms with Crippen molar-refractivity contribution in [3.63, 3.8) is 0 Å². The van der Waals surface area contributed by atoms with Gasteiger partial charge in [0.2, 0.25) is 5.91 Å². The standard InChI is InChI=1S/C15H16F3N3O/c16-15(17,18)10-20-6-7-21(14(22)9-20)13-3-1-2-11-8-19-5-4-12(11)13/h1-3,8H,4-7,9-10H2. The fraction of sp³-hybridized carbons (Fsp3) is 0.467. The SMILES string of the molecule is O=C1CN(CC(F)(F)F)CCN1c1cccc2c1CCN=C2. The van der Waals surface area contributed by atoms with Crippen LogP contribution in [0.25, 0.3) is 0 Å². The molecule has 1 amide bonds. The smallest absolute Gasteiger partial charge is 0.310 e. The molecule has 3 rings (SSSR count). The molecule has 0 saturated carbocycles. The zero-order valence-corrected chi connectivity index (χ0v) is 11.9.